The molecule has 1 aromatic heterocycles. The van der Waals surface area contributed by atoms with E-state index < -0.39 is 10.0 Å². The molecule has 152 valence electrons. The summed E-state index contributed by atoms with van der Waals surface area (Å²) in [5, 5.41) is 5.57. The molecule has 0 radical (unpaired) electrons. The summed E-state index contributed by atoms with van der Waals surface area (Å²) < 4.78 is 38.9. The molecule has 0 aliphatic carbocycles. The minimum Gasteiger partial charge on any atom is -0.492 e. The second-order valence-corrected chi connectivity index (χ2v) is 8.53. The van der Waals surface area contributed by atoms with Crippen molar-refractivity contribution >= 4 is 20.8 Å². The Balaban J connectivity index is 1.40. The summed E-state index contributed by atoms with van der Waals surface area (Å²) in [4.78, 5) is 12.7. The van der Waals surface area contributed by atoms with Gasteiger partial charge in [-0.2, -0.15) is 9.40 Å². The van der Waals surface area contributed by atoms with Gasteiger partial charge in [-0.15, -0.1) is 0 Å². The second-order valence-electron chi connectivity index (χ2n) is 6.60. The lowest BCUT2D eigenvalue weighted by Crippen LogP contribution is -2.40. The fourth-order valence-corrected chi connectivity index (χ4v) is 4.59. The summed E-state index contributed by atoms with van der Waals surface area (Å²) in [6.07, 6.45) is 1.65. The van der Waals surface area contributed by atoms with Gasteiger partial charge >= 0.3 is 0 Å². The highest BCUT2D eigenvalue weighted by atomic mass is 32.2. The van der Waals surface area contributed by atoms with Gasteiger partial charge in [-0.3, -0.25) is 4.79 Å². The molecule has 0 bridgehead atoms. The van der Waals surface area contributed by atoms with Crippen LogP contribution in [0.15, 0.2) is 64.4 Å². The molecule has 0 spiro atoms. The number of aromatic nitrogens is 2. The molecule has 9 heteroatoms. The third kappa shape index (κ3) is 4.16. The lowest BCUT2D eigenvalue weighted by molar-refractivity contribution is 0.0730. The van der Waals surface area contributed by atoms with E-state index in [1.807, 2.05) is 18.2 Å². The summed E-state index contributed by atoms with van der Waals surface area (Å²) in [7, 11) is -3.53. The predicted molar refractivity (Wildman–Crippen MR) is 108 cm³/mol. The Morgan fingerprint density at radius 2 is 1.76 bits per heavy atom. The maximum atomic E-state index is 12.6. The largest absolute Gasteiger partial charge is 0.492 e. The van der Waals surface area contributed by atoms with Crippen LogP contribution in [0.25, 0.3) is 10.8 Å². The topological polar surface area (TPSA) is 90.7 Å². The van der Waals surface area contributed by atoms with Gasteiger partial charge in [0.2, 0.25) is 10.0 Å². The molecule has 1 aliphatic rings. The van der Waals surface area contributed by atoms with E-state index in [2.05, 4.69) is 5.10 Å². The fraction of sp³-hybridized carbons (Fsp3) is 0.300. The van der Waals surface area contributed by atoms with Crippen LogP contribution in [0.4, 0.5) is 0 Å². The van der Waals surface area contributed by atoms with E-state index in [0.717, 1.165) is 5.39 Å². The van der Waals surface area contributed by atoms with Crippen LogP contribution in [0.3, 0.4) is 0 Å². The number of sulfonamides is 1. The molecule has 1 saturated heterocycles. The minimum absolute atomic E-state index is 0.168. The van der Waals surface area contributed by atoms with Crippen LogP contribution in [-0.2, 0) is 21.3 Å². The lowest BCUT2D eigenvalue weighted by atomic mass is 10.2. The third-order valence-electron chi connectivity index (χ3n) is 4.77. The number of benzene rings is 2. The van der Waals surface area contributed by atoms with Gasteiger partial charge in [-0.1, -0.05) is 18.2 Å². The fourth-order valence-electron chi connectivity index (χ4n) is 3.18. The van der Waals surface area contributed by atoms with Gasteiger partial charge in [0, 0.05) is 18.5 Å². The quantitative estimate of drug-likeness (QED) is 0.606. The Morgan fingerprint density at radius 1 is 1.03 bits per heavy atom. The average Bonchev–Trinajstić information content (AvgIpc) is 2.76. The molecule has 0 amide bonds. The first-order chi connectivity index (χ1) is 14.1. The SMILES string of the molecule is O=c1c2ccccc2cnn1CCOc1ccc(S(=O)(=O)N2CCOCC2)cc1. The Hall–Kier alpha value is -2.75. The smallest absolute Gasteiger partial charge is 0.274 e. The van der Waals surface area contributed by atoms with E-state index in [4.69, 9.17) is 9.47 Å². The Labute approximate surface area is 168 Å². The van der Waals surface area contributed by atoms with Gasteiger partial charge in [0.15, 0.2) is 0 Å². The summed E-state index contributed by atoms with van der Waals surface area (Å²) in [6, 6.07) is 13.6. The van der Waals surface area contributed by atoms with Crippen LogP contribution in [0, 0.1) is 0 Å². The molecule has 1 fully saturated rings. The van der Waals surface area contributed by atoms with Crippen LogP contribution < -0.4 is 10.3 Å². The van der Waals surface area contributed by atoms with Crippen LogP contribution in [0.1, 0.15) is 0 Å². The van der Waals surface area contributed by atoms with Crippen LogP contribution >= 0.6 is 0 Å². The standard InChI is InChI=1S/C20H21N3O5S/c24-20-19-4-2-1-3-16(19)15-21-23(20)11-14-28-17-5-7-18(8-6-17)29(25,26)22-9-12-27-13-10-22/h1-8,15H,9-14H2. The molecule has 1 aliphatic heterocycles. The minimum atomic E-state index is -3.53. The zero-order valence-electron chi connectivity index (χ0n) is 15.7. The predicted octanol–water partition coefficient (Wildman–Crippen LogP) is 1.50. The van der Waals surface area contributed by atoms with Crippen LogP contribution in [0.2, 0.25) is 0 Å². The highest BCUT2D eigenvalue weighted by Crippen LogP contribution is 2.20. The first kappa shape index (κ1) is 19.6. The molecule has 0 unspecified atom stereocenters. The van der Waals surface area contributed by atoms with E-state index in [1.165, 1.54) is 21.1 Å². The van der Waals surface area contributed by atoms with Gasteiger partial charge in [0.25, 0.3) is 5.56 Å². The number of hydrogen-bond donors (Lipinski definition) is 0. The highest BCUT2D eigenvalue weighted by Gasteiger charge is 2.26. The molecule has 3 aromatic rings. The molecule has 0 saturated carbocycles. The lowest BCUT2D eigenvalue weighted by Gasteiger charge is -2.26. The van der Waals surface area contributed by atoms with Gasteiger partial charge in [-0.25, -0.2) is 13.1 Å². The number of morpholine rings is 1. The first-order valence-electron chi connectivity index (χ1n) is 9.31. The van der Waals surface area contributed by atoms with Gasteiger partial charge in [0.1, 0.15) is 12.4 Å². The van der Waals surface area contributed by atoms with E-state index in [1.54, 1.807) is 24.4 Å². The number of ether oxygens (including phenoxy) is 2. The zero-order chi connectivity index (χ0) is 20.3. The van der Waals surface area contributed by atoms with Gasteiger partial charge < -0.3 is 9.47 Å². The zero-order valence-corrected chi connectivity index (χ0v) is 16.5. The van der Waals surface area contributed by atoms with Gasteiger partial charge in [0.05, 0.1) is 36.2 Å². The van der Waals surface area contributed by atoms with Crippen LogP contribution in [-0.4, -0.2) is 55.4 Å². The van der Waals surface area contributed by atoms with E-state index in [0.29, 0.717) is 37.4 Å². The normalized spacial score (nSPS) is 15.4. The Morgan fingerprint density at radius 3 is 2.52 bits per heavy atom. The van der Waals surface area contributed by atoms with E-state index in [-0.39, 0.29) is 23.6 Å². The van der Waals surface area contributed by atoms with Gasteiger partial charge in [-0.05, 0) is 30.3 Å². The number of hydrogen-bond acceptors (Lipinski definition) is 6. The first-order valence-corrected chi connectivity index (χ1v) is 10.8. The molecule has 0 atom stereocenters. The Bertz CT molecular complexity index is 1150. The van der Waals surface area contributed by atoms with Crippen molar-refractivity contribution < 1.29 is 17.9 Å². The maximum Gasteiger partial charge on any atom is 0.274 e. The summed E-state index contributed by atoms with van der Waals surface area (Å²) in [6.45, 7) is 2.05. The summed E-state index contributed by atoms with van der Waals surface area (Å²) in [5.41, 5.74) is -0.168. The Kier molecular flexibility index (Phi) is 5.61. The molecule has 0 N–H and O–H groups in total. The average molecular weight is 415 g/mol. The van der Waals surface area contributed by atoms with Crippen molar-refractivity contribution in [2.75, 3.05) is 32.9 Å². The molecule has 2 heterocycles. The maximum absolute atomic E-state index is 12.6. The van der Waals surface area contributed by atoms with Crippen molar-refractivity contribution in [3.8, 4) is 5.75 Å². The van der Waals surface area contributed by atoms with E-state index >= 15 is 0 Å². The second kappa shape index (κ2) is 8.32. The molecule has 8 nitrogen and oxygen atoms in total. The molecular weight excluding hydrogens is 394 g/mol. The third-order valence-corrected chi connectivity index (χ3v) is 6.68. The van der Waals surface area contributed by atoms with Crippen LogP contribution in [0.5, 0.6) is 5.75 Å². The van der Waals surface area contributed by atoms with Crippen molar-refractivity contribution in [3.05, 3.63) is 65.1 Å². The number of nitrogens with zero attached hydrogens (tertiary/aromatic N) is 3. The highest BCUT2D eigenvalue weighted by molar-refractivity contribution is 7.89. The summed E-state index contributed by atoms with van der Waals surface area (Å²) in [5.74, 6) is 0.528. The molecule has 2 aromatic carbocycles. The monoisotopic (exact) mass is 415 g/mol. The number of rotatable bonds is 6. The van der Waals surface area contributed by atoms with E-state index in [9.17, 15) is 13.2 Å². The van der Waals surface area contributed by atoms with Crippen molar-refractivity contribution in [1.29, 1.82) is 0 Å². The van der Waals surface area contributed by atoms with Crippen molar-refractivity contribution in [2.24, 2.45) is 0 Å². The molecule has 4 rings (SSSR count). The summed E-state index contributed by atoms with van der Waals surface area (Å²) >= 11 is 0. The van der Waals surface area contributed by atoms with Crippen molar-refractivity contribution in [3.63, 3.8) is 0 Å². The molecular formula is C20H21N3O5S. The van der Waals surface area contributed by atoms with Crippen molar-refractivity contribution in [2.45, 2.75) is 11.4 Å². The van der Waals surface area contributed by atoms with Crippen molar-refractivity contribution in [1.82, 2.24) is 14.1 Å². The number of fused-ring (bicyclic) bond motifs is 1. The molecule has 29 heavy (non-hydrogen) atoms.